The Kier molecular flexibility index (Phi) is 7.33. The molecule has 0 N–H and O–H groups in total. The highest BCUT2D eigenvalue weighted by Gasteiger charge is 2.45. The van der Waals surface area contributed by atoms with Crippen molar-refractivity contribution in [3.63, 3.8) is 0 Å². The van der Waals surface area contributed by atoms with Crippen molar-refractivity contribution >= 4 is 43.7 Å². The van der Waals surface area contributed by atoms with Gasteiger partial charge in [-0.3, -0.25) is 0 Å². The Balaban J connectivity index is 1.15. The predicted octanol–water partition coefficient (Wildman–Crippen LogP) is 13.7. The molecule has 2 aliphatic rings. The molecule has 0 bridgehead atoms. The number of hydrogen-bond acceptors (Lipinski definition) is 4. The maximum absolute atomic E-state index is 7.16. The van der Waals surface area contributed by atoms with Crippen molar-refractivity contribution in [2.75, 3.05) is 0 Å². The molecule has 12 rings (SSSR count). The van der Waals surface area contributed by atoms with E-state index in [0.29, 0.717) is 29.3 Å². The van der Waals surface area contributed by atoms with E-state index in [1.807, 2.05) is 66.7 Å². The summed E-state index contributed by atoms with van der Waals surface area (Å²) < 4.78 is 9.58. The van der Waals surface area contributed by atoms with Crippen LogP contribution in [0.1, 0.15) is 30.9 Å². The summed E-state index contributed by atoms with van der Waals surface area (Å²) in [4.78, 5) is 15.5. The molecule has 5 nitrogen and oxygen atoms in total. The molecule has 5 heteroatoms. The van der Waals surface area contributed by atoms with Gasteiger partial charge < -0.3 is 8.98 Å². The van der Waals surface area contributed by atoms with E-state index >= 15 is 0 Å². The van der Waals surface area contributed by atoms with Crippen molar-refractivity contribution in [3.8, 4) is 51.0 Å². The molecule has 0 radical (unpaired) electrons. The fourth-order valence-electron chi connectivity index (χ4n) is 9.89. The monoisotopic (exact) mass is 758 g/mol. The first-order valence-electron chi connectivity index (χ1n) is 20.4. The zero-order valence-electron chi connectivity index (χ0n) is 32.7. The van der Waals surface area contributed by atoms with Gasteiger partial charge in [-0.1, -0.05) is 159 Å². The number of para-hydroxylation sites is 2. The quantitative estimate of drug-likeness (QED) is 0.175. The highest BCUT2D eigenvalue weighted by molar-refractivity contribution is 6.16. The van der Waals surface area contributed by atoms with Gasteiger partial charge >= 0.3 is 0 Å². The minimum Gasteiger partial charge on any atom is -0.454 e. The van der Waals surface area contributed by atoms with Gasteiger partial charge in [-0.15, -0.1) is 0 Å². The van der Waals surface area contributed by atoms with Crippen LogP contribution in [0, 0.1) is 5.92 Å². The molecule has 10 aromatic rings. The normalized spacial score (nSPS) is 16.6. The van der Waals surface area contributed by atoms with Crippen LogP contribution in [0.25, 0.3) is 94.7 Å². The lowest BCUT2D eigenvalue weighted by molar-refractivity contribution is 0.394. The topological polar surface area (TPSA) is 56.7 Å². The molecule has 0 aliphatic heterocycles. The minimum absolute atomic E-state index is 0.0212. The van der Waals surface area contributed by atoms with E-state index in [9.17, 15) is 0 Å². The van der Waals surface area contributed by atoms with Crippen molar-refractivity contribution in [2.24, 2.45) is 5.92 Å². The van der Waals surface area contributed by atoms with E-state index < -0.39 is 0 Å². The maximum Gasteiger partial charge on any atom is 0.164 e. The number of allylic oxidation sites excluding steroid dienone is 4. The van der Waals surface area contributed by atoms with Gasteiger partial charge in [0, 0.05) is 44.2 Å². The van der Waals surface area contributed by atoms with Crippen LogP contribution < -0.4 is 0 Å². The van der Waals surface area contributed by atoms with E-state index in [1.165, 1.54) is 27.4 Å². The second kappa shape index (κ2) is 12.8. The molecule has 0 amide bonds. The number of aromatic nitrogens is 4. The fraction of sp³-hybridized carbons (Fsp3) is 0.0926. The summed E-state index contributed by atoms with van der Waals surface area (Å²) in [5.41, 5.74) is 12.6. The zero-order chi connectivity index (χ0) is 39.2. The average molecular weight is 759 g/mol. The molecule has 3 heterocycles. The summed E-state index contributed by atoms with van der Waals surface area (Å²) in [5, 5.41) is 4.46. The zero-order valence-corrected chi connectivity index (χ0v) is 32.7. The van der Waals surface area contributed by atoms with Crippen molar-refractivity contribution in [3.05, 3.63) is 193 Å². The third-order valence-corrected chi connectivity index (χ3v) is 12.7. The second-order valence-electron chi connectivity index (χ2n) is 16.4. The molecule has 0 saturated heterocycles. The van der Waals surface area contributed by atoms with Crippen LogP contribution in [0.3, 0.4) is 0 Å². The number of rotatable bonds is 5. The van der Waals surface area contributed by atoms with E-state index in [1.54, 1.807) is 0 Å². The molecular weight excluding hydrogens is 721 g/mol. The summed E-state index contributed by atoms with van der Waals surface area (Å²) in [5.74, 6) is 2.62. The van der Waals surface area contributed by atoms with E-state index in [0.717, 1.165) is 61.0 Å². The summed E-state index contributed by atoms with van der Waals surface area (Å²) in [6.07, 6.45) is 9.21. The standard InChI is InChI=1S/C54H38N4O/c1-54(2)43-26-14-12-23-37(43)40-31-41-38-24-13-15-27-45(38)58(47(41)32-44(40)54)46-28-16-25-39-49-42(29-36(30-48(49)59-50(39)46)33-17-6-3-7-18-33)53-56-51(34-19-8-4-9-20-34)55-52(57-53)35-21-10-5-11-22-35/h3-32,37,43H,1-2H3. The fourth-order valence-corrected chi connectivity index (χ4v) is 9.89. The van der Waals surface area contributed by atoms with Crippen LogP contribution in [0.15, 0.2) is 186 Å². The molecule has 7 aromatic carbocycles. The Morgan fingerprint density at radius 2 is 1.15 bits per heavy atom. The Labute approximate surface area is 341 Å². The number of benzene rings is 7. The first-order valence-corrected chi connectivity index (χ1v) is 20.4. The van der Waals surface area contributed by atoms with E-state index in [4.69, 9.17) is 19.4 Å². The largest absolute Gasteiger partial charge is 0.454 e. The molecule has 3 aromatic heterocycles. The number of nitrogens with zero attached hydrogens (tertiary/aromatic N) is 4. The van der Waals surface area contributed by atoms with Crippen molar-refractivity contribution in [1.82, 2.24) is 19.5 Å². The Morgan fingerprint density at radius 1 is 0.525 bits per heavy atom. The van der Waals surface area contributed by atoms with Crippen LogP contribution >= 0.6 is 0 Å². The average Bonchev–Trinajstić information content (AvgIpc) is 3.91. The molecule has 59 heavy (non-hydrogen) atoms. The number of hydrogen-bond donors (Lipinski definition) is 0. The summed E-state index contributed by atoms with van der Waals surface area (Å²) in [6, 6.07) is 55.4. The molecule has 0 fully saturated rings. The minimum atomic E-state index is -0.0212. The van der Waals surface area contributed by atoms with Crippen molar-refractivity contribution in [2.45, 2.75) is 25.2 Å². The number of fused-ring (bicyclic) bond motifs is 9. The van der Waals surface area contributed by atoms with Crippen LogP contribution in [-0.4, -0.2) is 19.5 Å². The van der Waals surface area contributed by atoms with Crippen LogP contribution in [0.5, 0.6) is 0 Å². The van der Waals surface area contributed by atoms with Crippen molar-refractivity contribution in [1.29, 1.82) is 0 Å². The van der Waals surface area contributed by atoms with Gasteiger partial charge in [-0.25, -0.2) is 15.0 Å². The van der Waals surface area contributed by atoms with Gasteiger partial charge in [-0.05, 0) is 70.0 Å². The van der Waals surface area contributed by atoms with Crippen molar-refractivity contribution < 1.29 is 4.42 Å². The smallest absolute Gasteiger partial charge is 0.164 e. The summed E-state index contributed by atoms with van der Waals surface area (Å²) in [6.45, 7) is 4.80. The number of furan rings is 1. The van der Waals surface area contributed by atoms with E-state index in [2.05, 4.69) is 134 Å². The van der Waals surface area contributed by atoms with Gasteiger partial charge in [0.2, 0.25) is 0 Å². The Bertz CT molecular complexity index is 3300. The lowest BCUT2D eigenvalue weighted by Gasteiger charge is -2.29. The van der Waals surface area contributed by atoms with Crippen LogP contribution in [-0.2, 0) is 5.41 Å². The molecular formula is C54H38N4O. The van der Waals surface area contributed by atoms with Gasteiger partial charge in [0.1, 0.15) is 5.58 Å². The van der Waals surface area contributed by atoms with Crippen LogP contribution in [0.2, 0.25) is 0 Å². The maximum atomic E-state index is 7.16. The Hall–Kier alpha value is -7.37. The summed E-state index contributed by atoms with van der Waals surface area (Å²) in [7, 11) is 0. The third kappa shape index (κ3) is 5.14. The molecule has 2 unspecified atom stereocenters. The second-order valence-corrected chi connectivity index (χ2v) is 16.4. The van der Waals surface area contributed by atoms with E-state index in [-0.39, 0.29) is 5.41 Å². The molecule has 2 atom stereocenters. The first kappa shape index (κ1) is 33.7. The van der Waals surface area contributed by atoms with Gasteiger partial charge in [0.25, 0.3) is 0 Å². The molecule has 280 valence electrons. The first-order chi connectivity index (χ1) is 29.0. The molecule has 0 spiro atoms. The van der Waals surface area contributed by atoms with Gasteiger partial charge in [0.15, 0.2) is 23.1 Å². The highest BCUT2D eigenvalue weighted by Crippen LogP contribution is 2.54. The SMILES string of the molecule is CC1(C)c2cc3c(cc2C2C=CC=CC21)c1ccccc1n3-c1cccc2c1oc1cc(-c3ccccc3)cc(-c3nc(-c4ccccc4)nc(-c4ccccc4)n3)c12. The highest BCUT2D eigenvalue weighted by atomic mass is 16.3. The third-order valence-electron chi connectivity index (χ3n) is 12.7. The lowest BCUT2D eigenvalue weighted by atomic mass is 9.74. The van der Waals surface area contributed by atoms with Crippen LogP contribution in [0.4, 0.5) is 0 Å². The predicted molar refractivity (Wildman–Crippen MR) is 241 cm³/mol. The molecule has 2 aliphatic carbocycles. The summed E-state index contributed by atoms with van der Waals surface area (Å²) >= 11 is 0. The van der Waals surface area contributed by atoms with Gasteiger partial charge in [0.05, 0.1) is 16.7 Å². The van der Waals surface area contributed by atoms with Gasteiger partial charge in [-0.2, -0.15) is 0 Å². The lowest BCUT2D eigenvalue weighted by Crippen LogP contribution is -2.24. The Morgan fingerprint density at radius 3 is 1.88 bits per heavy atom. The molecule has 0 saturated carbocycles.